The van der Waals surface area contributed by atoms with E-state index in [-0.39, 0.29) is 11.1 Å². The molecule has 1 aliphatic rings. The molecule has 0 spiro atoms. The molecule has 1 amide bonds. The van der Waals surface area contributed by atoms with Crippen LogP contribution in [0.2, 0.25) is 0 Å². The van der Waals surface area contributed by atoms with E-state index in [4.69, 9.17) is 0 Å². The van der Waals surface area contributed by atoms with Crippen molar-refractivity contribution in [2.45, 2.75) is 6.04 Å². The Kier molecular flexibility index (Phi) is 3.01. The number of benzene rings is 1. The van der Waals surface area contributed by atoms with Gasteiger partial charge in [-0.25, -0.2) is 9.18 Å². The average Bonchev–Trinajstić information content (AvgIpc) is 2.65. The molecule has 1 heterocycles. The van der Waals surface area contributed by atoms with Gasteiger partial charge in [-0.1, -0.05) is 18.2 Å². The number of aliphatic hydroxyl groups excluding tert-OH is 1. The molecule has 0 saturated heterocycles. The Morgan fingerprint density at radius 1 is 1.44 bits per heavy atom. The summed E-state index contributed by atoms with van der Waals surface area (Å²) in [6, 6.07) is 4.63. The molecule has 6 heteroatoms. The number of methoxy groups -OCH3 is 1. The van der Waals surface area contributed by atoms with Gasteiger partial charge in [0.05, 0.1) is 13.2 Å². The first-order valence-corrected chi connectivity index (χ1v) is 5.13. The summed E-state index contributed by atoms with van der Waals surface area (Å²) in [5, 5.41) is 11.8. The van der Waals surface area contributed by atoms with Gasteiger partial charge in [-0.3, -0.25) is 4.79 Å². The topological polar surface area (TPSA) is 75.6 Å². The van der Waals surface area contributed by atoms with E-state index in [0.717, 1.165) is 7.11 Å². The minimum Gasteiger partial charge on any atom is -0.503 e. The highest BCUT2D eigenvalue weighted by molar-refractivity contribution is 6.06. The number of amides is 1. The lowest BCUT2D eigenvalue weighted by Crippen LogP contribution is -2.24. The van der Waals surface area contributed by atoms with E-state index in [0.29, 0.717) is 0 Å². The molecule has 94 valence electrons. The number of esters is 1. The van der Waals surface area contributed by atoms with Crippen LogP contribution in [0.5, 0.6) is 0 Å². The standard InChI is InChI=1S/C12H10FNO4/c1-18-12(17)8-9(14-11(16)10(8)15)6-4-2-3-5-7(6)13/h2-5,9,15H,1H3,(H,14,16). The van der Waals surface area contributed by atoms with E-state index in [1.54, 1.807) is 6.07 Å². The molecule has 0 aromatic heterocycles. The molecule has 1 aliphatic heterocycles. The van der Waals surface area contributed by atoms with Gasteiger partial charge < -0.3 is 15.2 Å². The summed E-state index contributed by atoms with van der Waals surface area (Å²) in [7, 11) is 1.11. The number of hydrogen-bond acceptors (Lipinski definition) is 4. The van der Waals surface area contributed by atoms with Crippen LogP contribution < -0.4 is 5.32 Å². The van der Waals surface area contributed by atoms with E-state index in [1.165, 1.54) is 18.2 Å². The number of hydrogen-bond donors (Lipinski definition) is 2. The summed E-state index contributed by atoms with van der Waals surface area (Å²) in [5.74, 6) is -3.03. The maximum atomic E-state index is 13.6. The largest absolute Gasteiger partial charge is 0.503 e. The third-order valence-electron chi connectivity index (χ3n) is 2.66. The summed E-state index contributed by atoms with van der Waals surface area (Å²) < 4.78 is 18.1. The first-order valence-electron chi connectivity index (χ1n) is 5.13. The molecule has 18 heavy (non-hydrogen) atoms. The first-order chi connectivity index (χ1) is 8.56. The van der Waals surface area contributed by atoms with Crippen LogP contribution in [0, 0.1) is 5.82 Å². The van der Waals surface area contributed by atoms with Crippen molar-refractivity contribution in [1.82, 2.24) is 5.32 Å². The van der Waals surface area contributed by atoms with Crippen LogP contribution in [-0.2, 0) is 14.3 Å². The van der Waals surface area contributed by atoms with Gasteiger partial charge in [-0.2, -0.15) is 0 Å². The molecule has 5 nitrogen and oxygen atoms in total. The normalized spacial score (nSPS) is 18.8. The quantitative estimate of drug-likeness (QED) is 0.768. The van der Waals surface area contributed by atoms with Crippen LogP contribution in [0.25, 0.3) is 0 Å². The van der Waals surface area contributed by atoms with Crippen LogP contribution in [0.3, 0.4) is 0 Å². The molecule has 0 aliphatic carbocycles. The highest BCUT2D eigenvalue weighted by atomic mass is 19.1. The second-order valence-corrected chi connectivity index (χ2v) is 3.68. The summed E-state index contributed by atoms with van der Waals surface area (Å²) in [4.78, 5) is 22.9. The molecule has 1 unspecified atom stereocenters. The monoisotopic (exact) mass is 251 g/mol. The lowest BCUT2D eigenvalue weighted by Gasteiger charge is -2.14. The Labute approximate surface area is 102 Å². The van der Waals surface area contributed by atoms with Crippen molar-refractivity contribution in [3.63, 3.8) is 0 Å². The molecule has 1 aromatic rings. The van der Waals surface area contributed by atoms with Gasteiger partial charge in [0.1, 0.15) is 11.4 Å². The number of carbonyl (C=O) groups is 2. The summed E-state index contributed by atoms with van der Waals surface area (Å²) in [6.07, 6.45) is 0. The van der Waals surface area contributed by atoms with Crippen molar-refractivity contribution >= 4 is 11.9 Å². The third-order valence-corrected chi connectivity index (χ3v) is 2.66. The van der Waals surface area contributed by atoms with Gasteiger partial charge in [-0.05, 0) is 6.07 Å². The minimum atomic E-state index is -1.04. The predicted octanol–water partition coefficient (Wildman–Crippen LogP) is 0.982. The molecular weight excluding hydrogens is 241 g/mol. The van der Waals surface area contributed by atoms with E-state index < -0.39 is 29.5 Å². The Hall–Kier alpha value is -2.37. The van der Waals surface area contributed by atoms with E-state index >= 15 is 0 Å². The van der Waals surface area contributed by atoms with Crippen LogP contribution in [-0.4, -0.2) is 24.1 Å². The van der Waals surface area contributed by atoms with Crippen molar-refractivity contribution in [3.05, 3.63) is 47.0 Å². The van der Waals surface area contributed by atoms with Crippen molar-refractivity contribution in [3.8, 4) is 0 Å². The molecule has 2 N–H and O–H groups in total. The number of rotatable bonds is 2. The fourth-order valence-corrected chi connectivity index (χ4v) is 1.80. The van der Waals surface area contributed by atoms with Crippen LogP contribution in [0.4, 0.5) is 4.39 Å². The Morgan fingerprint density at radius 2 is 2.11 bits per heavy atom. The maximum Gasteiger partial charge on any atom is 0.340 e. The predicted molar refractivity (Wildman–Crippen MR) is 59.0 cm³/mol. The number of nitrogens with one attached hydrogen (secondary N) is 1. The van der Waals surface area contributed by atoms with Gasteiger partial charge in [0.2, 0.25) is 0 Å². The first kappa shape index (κ1) is 12.1. The highest BCUT2D eigenvalue weighted by Crippen LogP contribution is 2.31. The summed E-state index contributed by atoms with van der Waals surface area (Å²) >= 11 is 0. The Balaban J connectivity index is 2.50. The number of ether oxygens (including phenoxy) is 1. The van der Waals surface area contributed by atoms with E-state index in [2.05, 4.69) is 10.1 Å². The van der Waals surface area contributed by atoms with E-state index in [1.807, 2.05) is 0 Å². The molecule has 0 radical (unpaired) electrons. The summed E-state index contributed by atoms with van der Waals surface area (Å²) in [5.41, 5.74) is -0.192. The molecule has 0 fully saturated rings. The average molecular weight is 251 g/mol. The molecule has 1 aromatic carbocycles. The zero-order valence-electron chi connectivity index (χ0n) is 9.44. The molecule has 0 bridgehead atoms. The Bertz CT molecular complexity index is 553. The molecule has 2 rings (SSSR count). The lowest BCUT2D eigenvalue weighted by molar-refractivity contribution is -0.136. The van der Waals surface area contributed by atoms with Crippen molar-refractivity contribution in [2.75, 3.05) is 7.11 Å². The SMILES string of the molecule is COC(=O)C1=C(O)C(=O)NC1c1ccccc1F. The second kappa shape index (κ2) is 4.48. The van der Waals surface area contributed by atoms with Crippen LogP contribution >= 0.6 is 0 Å². The van der Waals surface area contributed by atoms with Crippen molar-refractivity contribution in [2.24, 2.45) is 0 Å². The molecule has 0 saturated carbocycles. The molecular formula is C12H10FNO4. The Morgan fingerprint density at radius 3 is 2.72 bits per heavy atom. The lowest BCUT2D eigenvalue weighted by atomic mass is 10.00. The number of halogens is 1. The van der Waals surface area contributed by atoms with Gasteiger partial charge in [-0.15, -0.1) is 0 Å². The number of aliphatic hydroxyl groups is 1. The van der Waals surface area contributed by atoms with E-state index in [9.17, 15) is 19.1 Å². The van der Waals surface area contributed by atoms with Gasteiger partial charge in [0.25, 0.3) is 5.91 Å². The van der Waals surface area contributed by atoms with Crippen LogP contribution in [0.15, 0.2) is 35.6 Å². The smallest absolute Gasteiger partial charge is 0.340 e. The zero-order valence-corrected chi connectivity index (χ0v) is 9.44. The minimum absolute atomic E-state index is 0.0929. The van der Waals surface area contributed by atoms with Gasteiger partial charge >= 0.3 is 5.97 Å². The number of carbonyl (C=O) groups excluding carboxylic acids is 2. The second-order valence-electron chi connectivity index (χ2n) is 3.68. The van der Waals surface area contributed by atoms with Gasteiger partial charge in [0, 0.05) is 5.56 Å². The van der Waals surface area contributed by atoms with Crippen molar-refractivity contribution in [1.29, 1.82) is 0 Å². The fourth-order valence-electron chi connectivity index (χ4n) is 1.80. The van der Waals surface area contributed by atoms with Crippen LogP contribution in [0.1, 0.15) is 11.6 Å². The molecule has 1 atom stereocenters. The van der Waals surface area contributed by atoms with Crippen molar-refractivity contribution < 1.29 is 23.8 Å². The highest BCUT2D eigenvalue weighted by Gasteiger charge is 2.38. The van der Waals surface area contributed by atoms with Gasteiger partial charge in [0.15, 0.2) is 5.76 Å². The zero-order chi connectivity index (χ0) is 13.3. The third kappa shape index (κ3) is 1.81. The summed E-state index contributed by atoms with van der Waals surface area (Å²) in [6.45, 7) is 0. The maximum absolute atomic E-state index is 13.6. The fraction of sp³-hybridized carbons (Fsp3) is 0.167.